The lowest BCUT2D eigenvalue weighted by atomic mass is 10.0. The molecule has 0 radical (unpaired) electrons. The zero-order valence-electron chi connectivity index (χ0n) is 15.3. The number of nitrogens with one attached hydrogen (secondary N) is 2. The van der Waals surface area contributed by atoms with Gasteiger partial charge in [0, 0.05) is 36.5 Å². The molecule has 1 unspecified atom stereocenters. The maximum atomic E-state index is 12.6. The van der Waals surface area contributed by atoms with Crippen molar-refractivity contribution in [2.75, 3.05) is 6.54 Å². The summed E-state index contributed by atoms with van der Waals surface area (Å²) in [4.78, 5) is 29.0. The van der Waals surface area contributed by atoms with Gasteiger partial charge in [-0.05, 0) is 37.6 Å². The van der Waals surface area contributed by atoms with Gasteiger partial charge in [0.05, 0.1) is 0 Å². The standard InChI is InChI=1S/C19H24N4O2.2ClH/c1-19(2,20)13-22-18(25)16(11-14-7-6-10-21-12-14)23-17(24)15-8-4-3-5-9-15;;/h3-10,12,16H,11,13,20H2,1-2H3,(H,22,25)(H,23,24);2*1H. The van der Waals surface area contributed by atoms with E-state index < -0.39 is 11.6 Å². The van der Waals surface area contributed by atoms with Gasteiger partial charge >= 0.3 is 0 Å². The number of hydrogen-bond donors (Lipinski definition) is 3. The number of benzene rings is 1. The van der Waals surface area contributed by atoms with E-state index in [1.807, 2.05) is 26.0 Å². The second-order valence-corrected chi connectivity index (χ2v) is 6.66. The Hall–Kier alpha value is -2.15. The zero-order valence-corrected chi connectivity index (χ0v) is 17.0. The number of halogens is 2. The largest absolute Gasteiger partial charge is 0.352 e. The Bertz CT molecular complexity index is 707. The smallest absolute Gasteiger partial charge is 0.251 e. The first kappa shape index (κ1) is 24.8. The molecule has 1 aromatic heterocycles. The third kappa shape index (κ3) is 8.86. The number of rotatable bonds is 7. The van der Waals surface area contributed by atoms with Gasteiger partial charge < -0.3 is 16.4 Å². The summed E-state index contributed by atoms with van der Waals surface area (Å²) in [5.74, 6) is -0.566. The molecule has 2 aromatic rings. The SMILES string of the molecule is CC(C)(N)CNC(=O)C(Cc1cccnc1)NC(=O)c1ccccc1.Cl.Cl. The molecule has 0 spiro atoms. The van der Waals surface area contributed by atoms with E-state index in [0.717, 1.165) is 5.56 Å². The summed E-state index contributed by atoms with van der Waals surface area (Å²) >= 11 is 0. The van der Waals surface area contributed by atoms with Crippen LogP contribution in [0.1, 0.15) is 29.8 Å². The summed E-state index contributed by atoms with van der Waals surface area (Å²) in [5.41, 5.74) is 6.76. The first-order valence-corrected chi connectivity index (χ1v) is 8.16. The van der Waals surface area contributed by atoms with Crippen molar-refractivity contribution in [1.29, 1.82) is 0 Å². The lowest BCUT2D eigenvalue weighted by Gasteiger charge is -2.23. The molecule has 148 valence electrons. The number of nitrogens with two attached hydrogens (primary N) is 1. The van der Waals surface area contributed by atoms with Crippen molar-refractivity contribution in [2.24, 2.45) is 5.73 Å². The van der Waals surface area contributed by atoms with E-state index in [0.29, 0.717) is 18.5 Å². The predicted molar refractivity (Wildman–Crippen MR) is 111 cm³/mol. The number of hydrogen-bond acceptors (Lipinski definition) is 4. The molecule has 0 saturated heterocycles. The normalized spacial score (nSPS) is 11.4. The third-order valence-corrected chi connectivity index (χ3v) is 3.54. The Morgan fingerprint density at radius 3 is 2.33 bits per heavy atom. The highest BCUT2D eigenvalue weighted by molar-refractivity contribution is 5.97. The maximum absolute atomic E-state index is 12.6. The van der Waals surface area contributed by atoms with Crippen LogP contribution in [0.4, 0.5) is 0 Å². The van der Waals surface area contributed by atoms with Crippen molar-refractivity contribution in [3.63, 3.8) is 0 Å². The Balaban J connectivity index is 0.00000338. The molecule has 4 N–H and O–H groups in total. The van der Waals surface area contributed by atoms with Crippen molar-refractivity contribution in [3.05, 3.63) is 66.0 Å². The lowest BCUT2D eigenvalue weighted by Crippen LogP contribution is -2.52. The van der Waals surface area contributed by atoms with Gasteiger partial charge in [-0.25, -0.2) is 0 Å². The monoisotopic (exact) mass is 412 g/mol. The van der Waals surface area contributed by atoms with E-state index in [1.165, 1.54) is 0 Å². The highest BCUT2D eigenvalue weighted by atomic mass is 35.5. The van der Waals surface area contributed by atoms with Crippen LogP contribution < -0.4 is 16.4 Å². The van der Waals surface area contributed by atoms with Crippen molar-refractivity contribution in [2.45, 2.75) is 31.8 Å². The van der Waals surface area contributed by atoms with Crippen molar-refractivity contribution in [3.8, 4) is 0 Å². The molecule has 8 heteroatoms. The average Bonchev–Trinajstić information content (AvgIpc) is 2.60. The molecule has 1 aromatic carbocycles. The van der Waals surface area contributed by atoms with Crippen LogP contribution in [0.25, 0.3) is 0 Å². The van der Waals surface area contributed by atoms with Gasteiger partial charge in [0.1, 0.15) is 6.04 Å². The maximum Gasteiger partial charge on any atom is 0.251 e. The zero-order chi connectivity index (χ0) is 18.3. The summed E-state index contributed by atoms with van der Waals surface area (Å²) in [6.07, 6.45) is 3.70. The van der Waals surface area contributed by atoms with Crippen molar-refractivity contribution < 1.29 is 9.59 Å². The van der Waals surface area contributed by atoms with Gasteiger partial charge in [-0.2, -0.15) is 0 Å². The minimum absolute atomic E-state index is 0. The van der Waals surface area contributed by atoms with E-state index in [4.69, 9.17) is 5.73 Å². The minimum Gasteiger partial charge on any atom is -0.352 e. The third-order valence-electron chi connectivity index (χ3n) is 3.54. The van der Waals surface area contributed by atoms with E-state index >= 15 is 0 Å². The molecule has 1 heterocycles. The summed E-state index contributed by atoms with van der Waals surface area (Å²) in [7, 11) is 0. The predicted octanol–water partition coefficient (Wildman–Crippen LogP) is 2.12. The number of pyridine rings is 1. The van der Waals surface area contributed by atoms with E-state index in [1.54, 1.807) is 42.7 Å². The second kappa shape index (κ2) is 11.5. The molecular formula is C19H26Cl2N4O2. The van der Waals surface area contributed by atoms with Crippen LogP contribution in [0.15, 0.2) is 54.9 Å². The minimum atomic E-state index is -0.709. The summed E-state index contributed by atoms with van der Waals surface area (Å²) < 4.78 is 0. The summed E-state index contributed by atoms with van der Waals surface area (Å²) in [6, 6.07) is 11.8. The van der Waals surface area contributed by atoms with Crippen LogP contribution >= 0.6 is 24.8 Å². The topological polar surface area (TPSA) is 97.1 Å². The molecule has 6 nitrogen and oxygen atoms in total. The van der Waals surface area contributed by atoms with E-state index in [-0.39, 0.29) is 36.6 Å². The number of aromatic nitrogens is 1. The quantitative estimate of drug-likeness (QED) is 0.648. The van der Waals surface area contributed by atoms with Gasteiger partial charge in [-0.15, -0.1) is 24.8 Å². The fourth-order valence-corrected chi connectivity index (χ4v) is 2.23. The van der Waals surface area contributed by atoms with Gasteiger partial charge in [-0.1, -0.05) is 24.3 Å². The molecule has 2 rings (SSSR count). The molecule has 0 aliphatic carbocycles. The van der Waals surface area contributed by atoms with Crippen LogP contribution in [0.2, 0.25) is 0 Å². The van der Waals surface area contributed by atoms with Crippen LogP contribution in [0.3, 0.4) is 0 Å². The molecule has 1 atom stereocenters. The second-order valence-electron chi connectivity index (χ2n) is 6.66. The Labute approximate surface area is 172 Å². The first-order valence-electron chi connectivity index (χ1n) is 8.16. The van der Waals surface area contributed by atoms with Crippen LogP contribution in [-0.4, -0.2) is 34.9 Å². The van der Waals surface area contributed by atoms with Gasteiger partial charge in [0.2, 0.25) is 5.91 Å². The number of carbonyl (C=O) groups excluding carboxylic acids is 2. The Kier molecular flexibility index (Phi) is 10.6. The molecule has 0 fully saturated rings. The van der Waals surface area contributed by atoms with Gasteiger partial charge in [-0.3, -0.25) is 14.6 Å². The van der Waals surface area contributed by atoms with Crippen molar-refractivity contribution in [1.82, 2.24) is 15.6 Å². The fourth-order valence-electron chi connectivity index (χ4n) is 2.23. The average molecular weight is 413 g/mol. The highest BCUT2D eigenvalue weighted by Crippen LogP contribution is 2.05. The van der Waals surface area contributed by atoms with Crippen LogP contribution in [0, 0.1) is 0 Å². The fraction of sp³-hybridized carbons (Fsp3) is 0.316. The molecule has 0 saturated carbocycles. The molecule has 0 aliphatic heterocycles. The lowest BCUT2D eigenvalue weighted by molar-refractivity contribution is -0.123. The molecule has 27 heavy (non-hydrogen) atoms. The van der Waals surface area contributed by atoms with Gasteiger partial charge in [0.15, 0.2) is 0 Å². The first-order chi connectivity index (χ1) is 11.8. The summed E-state index contributed by atoms with van der Waals surface area (Å²) in [5, 5.41) is 5.60. The molecule has 0 bridgehead atoms. The Morgan fingerprint density at radius 1 is 1.11 bits per heavy atom. The van der Waals surface area contributed by atoms with Crippen molar-refractivity contribution >= 4 is 36.6 Å². The van der Waals surface area contributed by atoms with E-state index in [2.05, 4.69) is 15.6 Å². The molecule has 2 amide bonds. The van der Waals surface area contributed by atoms with Gasteiger partial charge in [0.25, 0.3) is 5.91 Å². The molecule has 0 aliphatic rings. The van der Waals surface area contributed by atoms with Crippen LogP contribution in [0.5, 0.6) is 0 Å². The molecular weight excluding hydrogens is 387 g/mol. The van der Waals surface area contributed by atoms with Crippen LogP contribution in [-0.2, 0) is 11.2 Å². The van der Waals surface area contributed by atoms with E-state index in [9.17, 15) is 9.59 Å². The Morgan fingerprint density at radius 2 is 1.78 bits per heavy atom. The number of amides is 2. The number of nitrogens with zero attached hydrogens (tertiary/aromatic N) is 1. The highest BCUT2D eigenvalue weighted by Gasteiger charge is 2.23. The summed E-state index contributed by atoms with van der Waals surface area (Å²) in [6.45, 7) is 3.97. The number of carbonyl (C=O) groups is 2.